The lowest BCUT2D eigenvalue weighted by molar-refractivity contribution is -0.368. The van der Waals surface area contributed by atoms with Crippen molar-refractivity contribution >= 4 is 23.4 Å². The van der Waals surface area contributed by atoms with Crippen molar-refractivity contribution in [1.29, 1.82) is 0 Å². The number of anilines is 1. The maximum atomic E-state index is 12.9. The summed E-state index contributed by atoms with van der Waals surface area (Å²) in [6, 6.07) is 4.92. The largest absolute Gasteiger partial charge is 0.471 e. The van der Waals surface area contributed by atoms with Crippen LogP contribution in [0.5, 0.6) is 0 Å². The molecule has 3 amide bonds. The quantitative estimate of drug-likeness (QED) is 0.350. The molecule has 0 heterocycles. The van der Waals surface area contributed by atoms with E-state index in [0.717, 1.165) is 5.56 Å². The predicted octanol–water partition coefficient (Wildman–Crippen LogP) is 2.74. The van der Waals surface area contributed by atoms with Crippen molar-refractivity contribution in [2.45, 2.75) is 77.6 Å². The maximum absolute atomic E-state index is 12.9. The van der Waals surface area contributed by atoms with Gasteiger partial charge in [0.25, 0.3) is 0 Å². The molecule has 0 aromatic heterocycles. The van der Waals surface area contributed by atoms with Crippen LogP contribution in [0.25, 0.3) is 0 Å². The highest BCUT2D eigenvalue weighted by molar-refractivity contribution is 5.98. The Balaban J connectivity index is 2.95. The Bertz CT molecular complexity index is 780. The van der Waals surface area contributed by atoms with Crippen LogP contribution in [0.4, 0.5) is 18.9 Å². The van der Waals surface area contributed by atoms with E-state index in [1.807, 2.05) is 39.8 Å². The molecular weight excluding hydrogens is 437 g/mol. The minimum atomic E-state index is -5.11. The first-order chi connectivity index (χ1) is 15.3. The van der Waals surface area contributed by atoms with Crippen molar-refractivity contribution in [1.82, 2.24) is 10.6 Å². The zero-order valence-corrected chi connectivity index (χ0v) is 19.7. The lowest BCUT2D eigenvalue weighted by Crippen LogP contribution is -2.55. The number of alkyl halides is 3. The second-order valence-electron chi connectivity index (χ2n) is 8.83. The lowest BCUT2D eigenvalue weighted by Gasteiger charge is -2.24. The van der Waals surface area contributed by atoms with Crippen molar-refractivity contribution in [2.75, 3.05) is 11.9 Å². The zero-order valence-electron chi connectivity index (χ0n) is 19.7. The molecule has 0 fully saturated rings. The molecule has 186 valence electrons. The van der Waals surface area contributed by atoms with Gasteiger partial charge in [-0.05, 0) is 55.2 Å². The summed E-state index contributed by atoms with van der Waals surface area (Å²) in [6.45, 7) is 8.37. The smallest absolute Gasteiger partial charge is 0.358 e. The van der Waals surface area contributed by atoms with Gasteiger partial charge in [-0.25, -0.2) is 0 Å². The Labute approximate surface area is 193 Å². The van der Waals surface area contributed by atoms with Crippen LogP contribution in [0.1, 0.15) is 64.9 Å². The summed E-state index contributed by atoms with van der Waals surface area (Å²) in [4.78, 5) is 37.1. The fraction of sp³-hybridized carbons (Fsp3) is 0.609. The van der Waals surface area contributed by atoms with Crippen LogP contribution in [-0.2, 0) is 14.4 Å². The second kappa shape index (κ2) is 13.2. The molecule has 0 unspecified atom stereocenters. The third-order valence-electron chi connectivity index (χ3n) is 5.06. The standard InChI is InChI=1S/C23H35F3N4O3/c1-14(2)13-19(21(32)28-17-10-8-16(9-11-17)15(3)4)29-20(31)18(7-5-6-12-27)30-22(33)23(24,25)26/h8-11,14-15,18-19H,5-7,12-13,27H2,1-4H3,(H,28,32)(H,29,31)(H,30,33)/p+1/t18-,19-/m0/s1. The number of quaternary nitrogens is 1. The zero-order chi connectivity index (χ0) is 25.2. The molecule has 0 saturated heterocycles. The first kappa shape index (κ1) is 28.4. The van der Waals surface area contributed by atoms with E-state index in [1.54, 1.807) is 17.4 Å². The molecule has 10 heteroatoms. The number of carbonyl (C=O) groups excluding carboxylic acids is 3. The maximum Gasteiger partial charge on any atom is 0.471 e. The molecule has 0 saturated carbocycles. The van der Waals surface area contributed by atoms with Crippen LogP contribution >= 0.6 is 0 Å². The lowest BCUT2D eigenvalue weighted by atomic mass is 10.0. The van der Waals surface area contributed by atoms with Gasteiger partial charge in [0.2, 0.25) is 11.8 Å². The molecule has 0 spiro atoms. The number of amides is 3. The highest BCUT2D eigenvalue weighted by Gasteiger charge is 2.41. The van der Waals surface area contributed by atoms with Crippen LogP contribution in [-0.4, -0.2) is 42.5 Å². The van der Waals surface area contributed by atoms with Gasteiger partial charge < -0.3 is 21.7 Å². The summed E-state index contributed by atoms with van der Waals surface area (Å²) in [6.07, 6.45) is -3.82. The number of rotatable bonds is 12. The van der Waals surface area contributed by atoms with E-state index in [2.05, 4.69) is 16.4 Å². The number of hydrogen-bond donors (Lipinski definition) is 4. The molecule has 0 aliphatic carbocycles. The van der Waals surface area contributed by atoms with E-state index in [-0.39, 0.29) is 18.8 Å². The van der Waals surface area contributed by atoms with Crippen molar-refractivity contribution in [3.8, 4) is 0 Å². The van der Waals surface area contributed by atoms with Gasteiger partial charge in [0.1, 0.15) is 12.1 Å². The Morgan fingerprint density at radius 1 is 0.909 bits per heavy atom. The van der Waals surface area contributed by atoms with Crippen LogP contribution < -0.4 is 21.7 Å². The number of benzene rings is 1. The van der Waals surface area contributed by atoms with Gasteiger partial charge >= 0.3 is 12.1 Å². The van der Waals surface area contributed by atoms with E-state index in [4.69, 9.17) is 0 Å². The van der Waals surface area contributed by atoms with Gasteiger partial charge in [-0.1, -0.05) is 39.8 Å². The van der Waals surface area contributed by atoms with E-state index in [1.165, 1.54) is 0 Å². The Morgan fingerprint density at radius 2 is 1.52 bits per heavy atom. The third-order valence-corrected chi connectivity index (χ3v) is 5.06. The molecule has 33 heavy (non-hydrogen) atoms. The SMILES string of the molecule is CC(C)C[C@H](NC(=O)[C@H](CCCC[NH3+])NC(=O)C(F)(F)F)C(=O)Nc1ccc(C(C)C)cc1. The molecule has 0 bridgehead atoms. The summed E-state index contributed by atoms with van der Waals surface area (Å²) in [5, 5.41) is 7.03. The van der Waals surface area contributed by atoms with E-state index in [0.29, 0.717) is 31.0 Å². The Hall–Kier alpha value is -2.62. The molecule has 6 N–H and O–H groups in total. The Morgan fingerprint density at radius 3 is 2.00 bits per heavy atom. The normalized spacial score (nSPS) is 13.5. The van der Waals surface area contributed by atoms with Crippen molar-refractivity contribution in [3.05, 3.63) is 29.8 Å². The van der Waals surface area contributed by atoms with Gasteiger partial charge in [0, 0.05) is 5.69 Å². The summed E-state index contributed by atoms with van der Waals surface area (Å²) in [5.41, 5.74) is 5.31. The first-order valence-corrected chi connectivity index (χ1v) is 11.2. The minimum absolute atomic E-state index is 0.00978. The van der Waals surface area contributed by atoms with Crippen molar-refractivity contribution in [3.63, 3.8) is 0 Å². The number of unbranched alkanes of at least 4 members (excludes halogenated alkanes) is 1. The topological polar surface area (TPSA) is 115 Å². The first-order valence-electron chi connectivity index (χ1n) is 11.2. The molecule has 2 atom stereocenters. The second-order valence-corrected chi connectivity index (χ2v) is 8.83. The summed E-state index contributed by atoms with van der Waals surface area (Å²) >= 11 is 0. The van der Waals surface area contributed by atoms with Crippen LogP contribution in [0.2, 0.25) is 0 Å². The fourth-order valence-corrected chi connectivity index (χ4v) is 3.19. The summed E-state index contributed by atoms with van der Waals surface area (Å²) in [5.74, 6) is -3.14. The summed E-state index contributed by atoms with van der Waals surface area (Å²) < 4.78 is 38.2. The minimum Gasteiger partial charge on any atom is -0.358 e. The molecule has 1 rings (SSSR count). The van der Waals surface area contributed by atoms with Gasteiger partial charge in [-0.15, -0.1) is 0 Å². The number of halogens is 3. The van der Waals surface area contributed by atoms with E-state index >= 15 is 0 Å². The highest BCUT2D eigenvalue weighted by atomic mass is 19.4. The van der Waals surface area contributed by atoms with Crippen LogP contribution in [0, 0.1) is 5.92 Å². The highest BCUT2D eigenvalue weighted by Crippen LogP contribution is 2.18. The summed E-state index contributed by atoms with van der Waals surface area (Å²) in [7, 11) is 0. The third kappa shape index (κ3) is 10.2. The number of carbonyl (C=O) groups is 3. The molecule has 1 aromatic carbocycles. The monoisotopic (exact) mass is 473 g/mol. The molecule has 7 nitrogen and oxygen atoms in total. The molecule has 0 aliphatic rings. The van der Waals surface area contributed by atoms with E-state index in [9.17, 15) is 27.6 Å². The van der Waals surface area contributed by atoms with Crippen LogP contribution in [0.15, 0.2) is 24.3 Å². The van der Waals surface area contributed by atoms with Gasteiger partial charge in [0.05, 0.1) is 6.54 Å². The van der Waals surface area contributed by atoms with Crippen molar-refractivity contribution in [2.24, 2.45) is 5.92 Å². The average Bonchev–Trinajstić information content (AvgIpc) is 2.71. The fourth-order valence-electron chi connectivity index (χ4n) is 3.19. The number of hydrogen-bond acceptors (Lipinski definition) is 3. The molecule has 0 radical (unpaired) electrons. The van der Waals surface area contributed by atoms with Gasteiger partial charge in [-0.3, -0.25) is 14.4 Å². The molecule has 1 aromatic rings. The number of nitrogens with one attached hydrogen (secondary N) is 3. The predicted molar refractivity (Wildman–Crippen MR) is 120 cm³/mol. The Kier molecular flexibility index (Phi) is 11.3. The van der Waals surface area contributed by atoms with Crippen molar-refractivity contribution < 1.29 is 33.3 Å². The average molecular weight is 474 g/mol. The van der Waals surface area contributed by atoms with Crippen LogP contribution in [0.3, 0.4) is 0 Å². The van der Waals surface area contributed by atoms with E-state index < -0.39 is 36.0 Å². The molecule has 0 aliphatic heterocycles. The van der Waals surface area contributed by atoms with Gasteiger partial charge in [-0.2, -0.15) is 13.2 Å². The van der Waals surface area contributed by atoms with Gasteiger partial charge in [0.15, 0.2) is 0 Å². The molecular formula is C23H36F3N4O3+.